The van der Waals surface area contributed by atoms with Gasteiger partial charge >= 0.3 is 0 Å². The predicted molar refractivity (Wildman–Crippen MR) is 128 cm³/mol. The normalized spacial score (nSPS) is 14.8. The average molecular weight is 488 g/mol. The minimum Gasteiger partial charge on any atom is -0.396 e. The molecule has 0 radical (unpaired) electrons. The van der Waals surface area contributed by atoms with E-state index in [4.69, 9.17) is 5.11 Å². The zero-order valence-corrected chi connectivity index (χ0v) is 19.5. The second-order valence-corrected chi connectivity index (χ2v) is 9.38. The van der Waals surface area contributed by atoms with Gasteiger partial charge in [0.05, 0.1) is 21.3 Å². The number of thioether (sulfide) groups is 2. The van der Waals surface area contributed by atoms with E-state index in [0.29, 0.717) is 33.7 Å². The summed E-state index contributed by atoms with van der Waals surface area (Å²) in [4.78, 5) is 49.6. The van der Waals surface area contributed by atoms with Crippen LogP contribution in [-0.2, 0) is 9.59 Å². The summed E-state index contributed by atoms with van der Waals surface area (Å²) in [7, 11) is 0. The number of nitrogens with zero attached hydrogens (tertiary/aromatic N) is 2. The SMILES string of the molecule is Cc1cc(C)cc(NC(=O)CN2C(=O)S/C(=C\c3ccc(SCCO)c([N+](=O)[O-])c3)C2=O)c1. The van der Waals surface area contributed by atoms with Gasteiger partial charge in [0.1, 0.15) is 6.54 Å². The summed E-state index contributed by atoms with van der Waals surface area (Å²) < 4.78 is 0. The van der Waals surface area contributed by atoms with Crippen LogP contribution in [0.3, 0.4) is 0 Å². The van der Waals surface area contributed by atoms with Crippen molar-refractivity contribution in [3.05, 3.63) is 68.1 Å². The Kier molecular flexibility index (Phi) is 7.90. The summed E-state index contributed by atoms with van der Waals surface area (Å²) in [5, 5.41) is 22.4. The lowest BCUT2D eigenvalue weighted by atomic mass is 10.1. The molecule has 0 spiro atoms. The number of amides is 3. The number of hydrogen-bond acceptors (Lipinski definition) is 8. The highest BCUT2D eigenvalue weighted by Gasteiger charge is 2.36. The van der Waals surface area contributed by atoms with Crippen LogP contribution in [0.1, 0.15) is 16.7 Å². The summed E-state index contributed by atoms with van der Waals surface area (Å²) >= 11 is 1.82. The van der Waals surface area contributed by atoms with Gasteiger partial charge in [-0.3, -0.25) is 29.4 Å². The highest BCUT2D eigenvalue weighted by atomic mass is 32.2. The molecule has 9 nitrogen and oxygen atoms in total. The maximum atomic E-state index is 12.7. The first-order chi connectivity index (χ1) is 15.7. The summed E-state index contributed by atoms with van der Waals surface area (Å²) in [6.07, 6.45) is 1.39. The van der Waals surface area contributed by atoms with Crippen LogP contribution in [0, 0.1) is 24.0 Å². The molecule has 1 fully saturated rings. The summed E-state index contributed by atoms with van der Waals surface area (Å²) in [6.45, 7) is 3.23. The lowest BCUT2D eigenvalue weighted by molar-refractivity contribution is -0.387. The molecule has 1 aliphatic rings. The average Bonchev–Trinajstić information content (AvgIpc) is 2.99. The van der Waals surface area contributed by atoms with Gasteiger partial charge in [0, 0.05) is 17.5 Å². The van der Waals surface area contributed by atoms with Crippen LogP contribution in [0.2, 0.25) is 0 Å². The molecule has 0 bridgehead atoms. The second-order valence-electron chi connectivity index (χ2n) is 7.25. The van der Waals surface area contributed by atoms with E-state index in [-0.39, 0.29) is 17.2 Å². The van der Waals surface area contributed by atoms with Crippen molar-refractivity contribution < 1.29 is 24.4 Å². The largest absolute Gasteiger partial charge is 0.396 e. The van der Waals surface area contributed by atoms with Crippen LogP contribution in [-0.4, -0.2) is 50.9 Å². The molecule has 3 amide bonds. The summed E-state index contributed by atoms with van der Waals surface area (Å²) in [5.41, 5.74) is 2.73. The molecule has 1 aliphatic heterocycles. The van der Waals surface area contributed by atoms with E-state index in [9.17, 15) is 24.5 Å². The van der Waals surface area contributed by atoms with Gasteiger partial charge in [0.2, 0.25) is 5.91 Å². The van der Waals surface area contributed by atoms with Gasteiger partial charge < -0.3 is 10.4 Å². The maximum Gasteiger partial charge on any atom is 0.294 e. The molecule has 0 atom stereocenters. The highest BCUT2D eigenvalue weighted by Crippen LogP contribution is 2.35. The van der Waals surface area contributed by atoms with Crippen LogP contribution in [0.15, 0.2) is 46.2 Å². The molecular weight excluding hydrogens is 466 g/mol. The number of hydrogen-bond donors (Lipinski definition) is 2. The Hall–Kier alpha value is -3.15. The predicted octanol–water partition coefficient (Wildman–Crippen LogP) is 3.97. The van der Waals surface area contributed by atoms with Crippen molar-refractivity contribution in [3.63, 3.8) is 0 Å². The van der Waals surface area contributed by atoms with Gasteiger partial charge in [0.25, 0.3) is 16.8 Å². The van der Waals surface area contributed by atoms with Crippen LogP contribution >= 0.6 is 23.5 Å². The first-order valence-electron chi connectivity index (χ1n) is 9.83. The molecule has 172 valence electrons. The topological polar surface area (TPSA) is 130 Å². The Morgan fingerprint density at radius 3 is 2.55 bits per heavy atom. The van der Waals surface area contributed by atoms with E-state index in [1.54, 1.807) is 18.2 Å². The van der Waals surface area contributed by atoms with Gasteiger partial charge in [-0.25, -0.2) is 0 Å². The number of rotatable bonds is 8. The second kappa shape index (κ2) is 10.6. The van der Waals surface area contributed by atoms with Crippen molar-refractivity contribution in [3.8, 4) is 0 Å². The van der Waals surface area contributed by atoms with Crippen molar-refractivity contribution >= 4 is 58.0 Å². The third-order valence-electron chi connectivity index (χ3n) is 4.51. The van der Waals surface area contributed by atoms with Crippen molar-refractivity contribution in [1.82, 2.24) is 4.90 Å². The maximum absolute atomic E-state index is 12.7. The fraction of sp³-hybridized carbons (Fsp3) is 0.227. The number of benzene rings is 2. The first-order valence-corrected chi connectivity index (χ1v) is 11.6. The minimum absolute atomic E-state index is 0.0734. The molecule has 11 heteroatoms. The number of aliphatic hydroxyl groups excluding tert-OH is 1. The number of anilines is 1. The van der Waals surface area contributed by atoms with Crippen molar-refractivity contribution in [2.45, 2.75) is 18.7 Å². The molecular formula is C22H21N3O6S2. The lowest BCUT2D eigenvalue weighted by Crippen LogP contribution is -2.36. The van der Waals surface area contributed by atoms with Crippen molar-refractivity contribution in [2.75, 3.05) is 24.2 Å². The van der Waals surface area contributed by atoms with E-state index in [0.717, 1.165) is 27.8 Å². The Labute approximate surface area is 198 Å². The number of aryl methyl sites for hydroxylation is 2. The van der Waals surface area contributed by atoms with Crippen molar-refractivity contribution in [2.24, 2.45) is 0 Å². The number of nitro benzene ring substituents is 1. The van der Waals surface area contributed by atoms with Gasteiger partial charge in [-0.2, -0.15) is 0 Å². The smallest absolute Gasteiger partial charge is 0.294 e. The Morgan fingerprint density at radius 2 is 1.91 bits per heavy atom. The van der Waals surface area contributed by atoms with E-state index in [1.807, 2.05) is 19.9 Å². The fourth-order valence-corrected chi connectivity index (χ4v) is 4.82. The zero-order chi connectivity index (χ0) is 24.1. The molecule has 0 saturated carbocycles. The molecule has 0 aliphatic carbocycles. The third kappa shape index (κ3) is 6.21. The van der Waals surface area contributed by atoms with Gasteiger partial charge in [0.15, 0.2) is 0 Å². The lowest BCUT2D eigenvalue weighted by Gasteiger charge is -2.13. The Bertz CT molecular complexity index is 1140. The molecule has 2 aromatic rings. The fourth-order valence-electron chi connectivity index (χ4n) is 3.22. The number of carbonyl (C=O) groups excluding carboxylic acids is 3. The third-order valence-corrected chi connectivity index (χ3v) is 6.46. The number of nitrogens with one attached hydrogen (secondary N) is 1. The molecule has 3 rings (SSSR count). The van der Waals surface area contributed by atoms with Crippen LogP contribution < -0.4 is 5.32 Å². The molecule has 0 aromatic heterocycles. The standard InChI is InChI=1S/C22H21N3O6S2/c1-13-7-14(2)9-16(8-13)23-20(27)12-24-21(28)19(33-22(24)29)11-15-3-4-18(32-6-5-26)17(10-15)25(30)31/h3-4,7-11,26H,5-6,12H2,1-2H3,(H,23,27)/b19-11-. The molecule has 2 aromatic carbocycles. The number of carbonyl (C=O) groups is 3. The van der Waals surface area contributed by atoms with Crippen LogP contribution in [0.5, 0.6) is 0 Å². The van der Waals surface area contributed by atoms with Crippen molar-refractivity contribution in [1.29, 1.82) is 0 Å². The Balaban J connectivity index is 1.74. The van der Waals surface area contributed by atoms with E-state index >= 15 is 0 Å². The molecule has 2 N–H and O–H groups in total. The molecule has 33 heavy (non-hydrogen) atoms. The van der Waals surface area contributed by atoms with Crippen LogP contribution in [0.25, 0.3) is 6.08 Å². The van der Waals surface area contributed by atoms with E-state index < -0.39 is 28.5 Å². The van der Waals surface area contributed by atoms with Gasteiger partial charge in [-0.05, 0) is 66.6 Å². The molecule has 1 heterocycles. The van der Waals surface area contributed by atoms with Crippen LogP contribution in [0.4, 0.5) is 16.2 Å². The van der Waals surface area contributed by atoms with E-state index in [2.05, 4.69) is 5.32 Å². The number of imide groups is 1. The number of nitro groups is 1. The zero-order valence-electron chi connectivity index (χ0n) is 17.9. The van der Waals surface area contributed by atoms with Gasteiger partial charge in [-0.1, -0.05) is 12.1 Å². The quantitative estimate of drug-likeness (QED) is 0.248. The highest BCUT2D eigenvalue weighted by molar-refractivity contribution is 8.18. The Morgan fingerprint density at radius 1 is 1.21 bits per heavy atom. The molecule has 0 unspecified atom stereocenters. The first kappa shape index (κ1) is 24.5. The summed E-state index contributed by atoms with van der Waals surface area (Å²) in [6, 6.07) is 9.96. The van der Waals surface area contributed by atoms with E-state index in [1.165, 1.54) is 18.2 Å². The monoisotopic (exact) mass is 487 g/mol. The van der Waals surface area contributed by atoms with Gasteiger partial charge in [-0.15, -0.1) is 11.8 Å². The minimum atomic E-state index is -0.637. The number of aliphatic hydroxyl groups is 1. The molecule has 1 saturated heterocycles. The summed E-state index contributed by atoms with van der Waals surface area (Å²) in [5.74, 6) is -0.838.